The molecule has 2 heterocycles. The number of carbonyl (C=O) groups excluding carboxylic acids is 1. The molecule has 35 heavy (non-hydrogen) atoms. The minimum absolute atomic E-state index is 0.125. The SMILES string of the molecule is COc1ccc(-c2noc(-c3c(SC)nn(CC(=O)Nc4ccc(C)cc4Cl)c3N)n2)cc1OC. The van der Waals surface area contributed by atoms with Gasteiger partial charge in [-0.05, 0) is 49.1 Å². The van der Waals surface area contributed by atoms with Gasteiger partial charge < -0.3 is 25.0 Å². The molecule has 1 amide bonds. The lowest BCUT2D eigenvalue weighted by atomic mass is 10.2. The van der Waals surface area contributed by atoms with E-state index in [1.54, 1.807) is 44.6 Å². The van der Waals surface area contributed by atoms with E-state index in [9.17, 15) is 4.79 Å². The van der Waals surface area contributed by atoms with Gasteiger partial charge in [0.05, 0.1) is 24.9 Å². The Hall–Kier alpha value is -3.70. The largest absolute Gasteiger partial charge is 0.493 e. The van der Waals surface area contributed by atoms with Crippen molar-refractivity contribution in [1.29, 1.82) is 0 Å². The average molecular weight is 515 g/mol. The zero-order valence-electron chi connectivity index (χ0n) is 19.5. The summed E-state index contributed by atoms with van der Waals surface area (Å²) in [4.78, 5) is 17.1. The fourth-order valence-corrected chi connectivity index (χ4v) is 4.24. The molecular formula is C23H23ClN6O4S. The van der Waals surface area contributed by atoms with Crippen molar-refractivity contribution >= 4 is 40.8 Å². The lowest BCUT2D eigenvalue weighted by molar-refractivity contribution is -0.116. The van der Waals surface area contributed by atoms with Crippen molar-refractivity contribution in [2.45, 2.75) is 18.5 Å². The highest BCUT2D eigenvalue weighted by Gasteiger charge is 2.24. The van der Waals surface area contributed by atoms with Crippen LogP contribution in [0, 0.1) is 6.92 Å². The predicted molar refractivity (Wildman–Crippen MR) is 135 cm³/mol. The van der Waals surface area contributed by atoms with Gasteiger partial charge in [0.25, 0.3) is 5.89 Å². The van der Waals surface area contributed by atoms with Gasteiger partial charge in [-0.3, -0.25) is 4.79 Å². The van der Waals surface area contributed by atoms with Crippen molar-refractivity contribution in [2.75, 3.05) is 31.5 Å². The number of nitrogens with two attached hydrogens (primary N) is 1. The van der Waals surface area contributed by atoms with Gasteiger partial charge in [0.1, 0.15) is 23.0 Å². The molecule has 0 saturated heterocycles. The van der Waals surface area contributed by atoms with E-state index in [4.69, 9.17) is 31.3 Å². The highest BCUT2D eigenvalue weighted by molar-refractivity contribution is 7.98. The van der Waals surface area contributed by atoms with E-state index in [-0.39, 0.29) is 24.2 Å². The summed E-state index contributed by atoms with van der Waals surface area (Å²) < 4.78 is 17.5. The van der Waals surface area contributed by atoms with Crippen LogP contribution in [0.4, 0.5) is 11.5 Å². The lowest BCUT2D eigenvalue weighted by Crippen LogP contribution is -2.20. The van der Waals surface area contributed by atoms with E-state index in [1.807, 2.05) is 19.2 Å². The molecule has 4 aromatic rings. The summed E-state index contributed by atoms with van der Waals surface area (Å²) >= 11 is 7.57. The second-order valence-electron chi connectivity index (χ2n) is 7.45. The highest BCUT2D eigenvalue weighted by Crippen LogP contribution is 2.36. The minimum atomic E-state index is -0.333. The number of hydrogen-bond acceptors (Lipinski definition) is 9. The van der Waals surface area contributed by atoms with Crippen molar-refractivity contribution < 1.29 is 18.8 Å². The maximum Gasteiger partial charge on any atom is 0.264 e. The van der Waals surface area contributed by atoms with Crippen molar-refractivity contribution in [1.82, 2.24) is 19.9 Å². The first-order valence-corrected chi connectivity index (χ1v) is 12.0. The second-order valence-corrected chi connectivity index (χ2v) is 8.65. The van der Waals surface area contributed by atoms with Crippen molar-refractivity contribution in [3.8, 4) is 34.3 Å². The number of rotatable bonds is 8. The number of halogens is 1. The number of thioether (sulfide) groups is 1. The molecule has 0 aliphatic heterocycles. The van der Waals surface area contributed by atoms with Gasteiger partial charge in [-0.15, -0.1) is 11.8 Å². The van der Waals surface area contributed by atoms with Crippen molar-refractivity contribution in [3.63, 3.8) is 0 Å². The summed E-state index contributed by atoms with van der Waals surface area (Å²) in [5.41, 5.74) is 8.98. The number of aromatic nitrogens is 4. The molecule has 0 bridgehead atoms. The van der Waals surface area contributed by atoms with Crippen LogP contribution in [0.1, 0.15) is 5.56 Å². The quantitative estimate of drug-likeness (QED) is 0.326. The van der Waals surface area contributed by atoms with Crippen LogP contribution >= 0.6 is 23.4 Å². The molecule has 0 radical (unpaired) electrons. The number of hydrogen-bond donors (Lipinski definition) is 2. The Morgan fingerprint density at radius 2 is 1.97 bits per heavy atom. The molecule has 0 fully saturated rings. The summed E-state index contributed by atoms with van der Waals surface area (Å²) in [6.45, 7) is 1.79. The molecule has 4 rings (SSSR count). The lowest BCUT2D eigenvalue weighted by Gasteiger charge is -2.09. The Balaban J connectivity index is 1.59. The standard InChI is InChI=1S/C23H23ClN6O4S/c1-12-5-7-15(14(24)9-12)26-18(31)11-30-20(25)19(23(28-30)35-4)22-27-21(29-34-22)13-6-8-16(32-2)17(10-13)33-3/h5-10H,11,25H2,1-4H3,(H,26,31). The van der Waals surface area contributed by atoms with E-state index in [2.05, 4.69) is 20.6 Å². The van der Waals surface area contributed by atoms with Crippen LogP contribution in [-0.4, -0.2) is 46.3 Å². The Bertz CT molecular complexity index is 1390. The van der Waals surface area contributed by atoms with Gasteiger partial charge in [-0.25, -0.2) is 4.68 Å². The monoisotopic (exact) mass is 514 g/mol. The summed E-state index contributed by atoms with van der Waals surface area (Å²) in [6, 6.07) is 10.7. The molecule has 12 heteroatoms. The van der Waals surface area contributed by atoms with Gasteiger partial charge in [-0.2, -0.15) is 10.1 Å². The summed E-state index contributed by atoms with van der Waals surface area (Å²) in [5.74, 6) is 1.54. The molecule has 0 spiro atoms. The first kappa shape index (κ1) is 24.4. The van der Waals surface area contributed by atoms with E-state index >= 15 is 0 Å². The molecule has 0 unspecified atom stereocenters. The summed E-state index contributed by atoms with van der Waals surface area (Å²) in [6.07, 6.45) is 1.84. The summed E-state index contributed by atoms with van der Waals surface area (Å²) in [5, 5.41) is 12.3. The molecule has 0 atom stereocenters. The number of amides is 1. The molecule has 0 saturated carbocycles. The zero-order valence-corrected chi connectivity index (χ0v) is 21.0. The first-order chi connectivity index (χ1) is 16.8. The molecule has 2 aromatic heterocycles. The number of ether oxygens (including phenoxy) is 2. The van der Waals surface area contributed by atoms with E-state index in [0.29, 0.717) is 44.2 Å². The molecule has 0 aliphatic rings. The number of carbonyl (C=O) groups is 1. The van der Waals surface area contributed by atoms with Crippen LogP contribution in [0.2, 0.25) is 5.02 Å². The van der Waals surface area contributed by atoms with Gasteiger partial charge in [0.2, 0.25) is 11.7 Å². The maximum absolute atomic E-state index is 12.7. The minimum Gasteiger partial charge on any atom is -0.493 e. The van der Waals surface area contributed by atoms with Crippen LogP contribution < -0.4 is 20.5 Å². The van der Waals surface area contributed by atoms with Gasteiger partial charge >= 0.3 is 0 Å². The number of nitrogens with zero attached hydrogens (tertiary/aromatic N) is 4. The predicted octanol–water partition coefficient (Wildman–Crippen LogP) is 4.52. The summed E-state index contributed by atoms with van der Waals surface area (Å²) in [7, 11) is 3.11. The smallest absolute Gasteiger partial charge is 0.264 e. The molecule has 0 aliphatic carbocycles. The number of benzene rings is 2. The third kappa shape index (κ3) is 5.05. The fraction of sp³-hybridized carbons (Fsp3) is 0.217. The molecule has 182 valence electrons. The average Bonchev–Trinajstić information content (AvgIpc) is 3.45. The van der Waals surface area contributed by atoms with Gasteiger partial charge in [-0.1, -0.05) is 22.8 Å². The number of nitrogen functional groups attached to an aromatic ring is 1. The number of anilines is 2. The third-order valence-corrected chi connectivity index (χ3v) is 6.11. The maximum atomic E-state index is 12.7. The van der Waals surface area contributed by atoms with Crippen LogP contribution in [0.5, 0.6) is 11.5 Å². The molecule has 3 N–H and O–H groups in total. The van der Waals surface area contributed by atoms with E-state index in [1.165, 1.54) is 16.4 Å². The van der Waals surface area contributed by atoms with Crippen LogP contribution in [0.15, 0.2) is 45.9 Å². The van der Waals surface area contributed by atoms with Crippen LogP contribution in [-0.2, 0) is 11.3 Å². The van der Waals surface area contributed by atoms with Crippen LogP contribution in [0.25, 0.3) is 22.8 Å². The second kappa shape index (κ2) is 10.3. The third-order valence-electron chi connectivity index (χ3n) is 5.13. The van der Waals surface area contributed by atoms with Crippen molar-refractivity contribution in [3.05, 3.63) is 47.0 Å². The number of aryl methyl sites for hydroxylation is 1. The number of nitrogens with one attached hydrogen (secondary N) is 1. The Labute approximate surface area is 210 Å². The zero-order chi connectivity index (χ0) is 25.1. The molecule has 2 aromatic carbocycles. The van der Waals surface area contributed by atoms with Crippen LogP contribution in [0.3, 0.4) is 0 Å². The topological polar surface area (TPSA) is 130 Å². The Morgan fingerprint density at radius 1 is 1.20 bits per heavy atom. The normalized spacial score (nSPS) is 10.9. The van der Waals surface area contributed by atoms with Crippen molar-refractivity contribution in [2.24, 2.45) is 0 Å². The molecular weight excluding hydrogens is 492 g/mol. The van der Waals surface area contributed by atoms with Gasteiger partial charge in [0.15, 0.2) is 11.5 Å². The first-order valence-electron chi connectivity index (χ1n) is 10.4. The van der Waals surface area contributed by atoms with Gasteiger partial charge in [0, 0.05) is 5.56 Å². The van der Waals surface area contributed by atoms with E-state index < -0.39 is 0 Å². The molecule has 10 nitrogen and oxygen atoms in total. The highest BCUT2D eigenvalue weighted by atomic mass is 35.5. The Morgan fingerprint density at radius 3 is 2.66 bits per heavy atom. The number of methoxy groups -OCH3 is 2. The van der Waals surface area contributed by atoms with E-state index in [0.717, 1.165) is 5.56 Å². The fourth-order valence-electron chi connectivity index (χ4n) is 3.38. The Kier molecular flexibility index (Phi) is 7.17.